The first-order chi connectivity index (χ1) is 9.08. The highest BCUT2D eigenvalue weighted by Crippen LogP contribution is 2.19. The lowest BCUT2D eigenvalue weighted by molar-refractivity contribution is 0.0761. The third kappa shape index (κ3) is 3.60. The molecule has 1 amide bonds. The van der Waals surface area contributed by atoms with Gasteiger partial charge < -0.3 is 9.80 Å². The second kappa shape index (κ2) is 6.24. The minimum atomic E-state index is 0.0642. The maximum absolute atomic E-state index is 12.5. The second-order valence-corrected chi connectivity index (χ2v) is 5.52. The number of hydrogen-bond acceptors (Lipinski definition) is 3. The van der Waals surface area contributed by atoms with Gasteiger partial charge in [-0.05, 0) is 25.0 Å². The third-order valence-corrected chi connectivity index (χ3v) is 3.57. The summed E-state index contributed by atoms with van der Waals surface area (Å²) in [6.07, 6.45) is 4.60. The van der Waals surface area contributed by atoms with Crippen LogP contribution in [-0.4, -0.2) is 43.0 Å². The summed E-state index contributed by atoms with van der Waals surface area (Å²) in [5.41, 5.74) is 0.630. The van der Waals surface area contributed by atoms with Gasteiger partial charge in [0.05, 0.1) is 0 Å². The van der Waals surface area contributed by atoms with Crippen molar-refractivity contribution < 1.29 is 4.79 Å². The first kappa shape index (κ1) is 14.1. The number of halogens is 1. The van der Waals surface area contributed by atoms with Crippen LogP contribution in [0.25, 0.3) is 0 Å². The van der Waals surface area contributed by atoms with E-state index in [0.29, 0.717) is 16.5 Å². The van der Waals surface area contributed by atoms with Gasteiger partial charge in [-0.1, -0.05) is 24.4 Å². The molecule has 0 unspecified atom stereocenters. The van der Waals surface area contributed by atoms with Gasteiger partial charge in [0, 0.05) is 32.7 Å². The molecule has 0 aliphatic carbocycles. The van der Waals surface area contributed by atoms with Crippen molar-refractivity contribution in [3.05, 3.63) is 22.8 Å². The molecule has 0 aromatic carbocycles. The Labute approximate surface area is 119 Å². The molecular weight excluding hydrogens is 262 g/mol. The Hall–Kier alpha value is -1.29. The summed E-state index contributed by atoms with van der Waals surface area (Å²) in [5, 5.41) is 0.365. The molecule has 1 aliphatic rings. The lowest BCUT2D eigenvalue weighted by Crippen LogP contribution is -2.32. The summed E-state index contributed by atoms with van der Waals surface area (Å²) in [6.45, 7) is 1.69. The predicted octanol–water partition coefficient (Wildman–Crippen LogP) is 2.82. The first-order valence-corrected chi connectivity index (χ1v) is 7.10. The smallest absolute Gasteiger partial charge is 0.254 e. The van der Waals surface area contributed by atoms with Crippen molar-refractivity contribution in [2.45, 2.75) is 25.7 Å². The fraction of sp³-hybridized carbons (Fsp3) is 0.571. The quantitative estimate of drug-likeness (QED) is 0.782. The van der Waals surface area contributed by atoms with E-state index in [-0.39, 0.29) is 5.91 Å². The Morgan fingerprint density at radius 1 is 1.21 bits per heavy atom. The standard InChI is InChI=1S/C14H20ClN3O/c1-17(2)13-10-11(9-12(15)16-13)14(19)18-7-5-3-4-6-8-18/h9-10H,3-8H2,1-2H3. The molecule has 0 atom stereocenters. The molecule has 2 heterocycles. The lowest BCUT2D eigenvalue weighted by Gasteiger charge is -2.21. The molecule has 4 nitrogen and oxygen atoms in total. The predicted molar refractivity (Wildman–Crippen MR) is 77.9 cm³/mol. The molecule has 1 saturated heterocycles. The molecule has 0 N–H and O–H groups in total. The van der Waals surface area contributed by atoms with E-state index in [1.807, 2.05) is 23.9 Å². The number of nitrogens with zero attached hydrogens (tertiary/aromatic N) is 3. The van der Waals surface area contributed by atoms with Crippen molar-refractivity contribution in [3.8, 4) is 0 Å². The Balaban J connectivity index is 2.22. The van der Waals surface area contributed by atoms with Crippen molar-refractivity contribution in [2.24, 2.45) is 0 Å². The van der Waals surface area contributed by atoms with Crippen LogP contribution in [0.2, 0.25) is 5.15 Å². The number of rotatable bonds is 2. The molecule has 1 fully saturated rings. The minimum absolute atomic E-state index is 0.0642. The summed E-state index contributed by atoms with van der Waals surface area (Å²) >= 11 is 6.00. The van der Waals surface area contributed by atoms with E-state index < -0.39 is 0 Å². The van der Waals surface area contributed by atoms with Crippen LogP contribution < -0.4 is 4.90 Å². The van der Waals surface area contributed by atoms with Crippen LogP contribution in [0.5, 0.6) is 0 Å². The van der Waals surface area contributed by atoms with Gasteiger partial charge in [0.2, 0.25) is 0 Å². The molecule has 0 saturated carbocycles. The third-order valence-electron chi connectivity index (χ3n) is 3.38. The number of likely N-dealkylation sites (tertiary alicyclic amines) is 1. The topological polar surface area (TPSA) is 36.4 Å². The van der Waals surface area contributed by atoms with E-state index in [0.717, 1.165) is 25.9 Å². The van der Waals surface area contributed by atoms with Gasteiger partial charge in [0.15, 0.2) is 0 Å². The first-order valence-electron chi connectivity index (χ1n) is 6.72. The number of anilines is 1. The summed E-state index contributed by atoms with van der Waals surface area (Å²) in [4.78, 5) is 20.5. The Morgan fingerprint density at radius 3 is 2.42 bits per heavy atom. The summed E-state index contributed by atoms with van der Waals surface area (Å²) in [6, 6.07) is 3.46. The van der Waals surface area contributed by atoms with Crippen LogP contribution in [0, 0.1) is 0 Å². The molecule has 1 aliphatic heterocycles. The van der Waals surface area contributed by atoms with Gasteiger partial charge in [0.1, 0.15) is 11.0 Å². The zero-order valence-electron chi connectivity index (χ0n) is 11.5. The molecule has 1 aromatic heterocycles. The van der Waals surface area contributed by atoms with Gasteiger partial charge in [-0.3, -0.25) is 4.79 Å². The van der Waals surface area contributed by atoms with E-state index in [4.69, 9.17) is 11.6 Å². The maximum Gasteiger partial charge on any atom is 0.254 e. The molecule has 5 heteroatoms. The van der Waals surface area contributed by atoms with Gasteiger partial charge in [-0.25, -0.2) is 4.98 Å². The number of hydrogen-bond donors (Lipinski definition) is 0. The van der Waals surface area contributed by atoms with Crippen LogP contribution >= 0.6 is 11.6 Å². The molecule has 0 bridgehead atoms. The number of amides is 1. The minimum Gasteiger partial charge on any atom is -0.363 e. The van der Waals surface area contributed by atoms with Crippen molar-refractivity contribution >= 4 is 23.3 Å². The summed E-state index contributed by atoms with van der Waals surface area (Å²) in [7, 11) is 3.78. The average molecular weight is 282 g/mol. The zero-order chi connectivity index (χ0) is 13.8. The molecule has 0 spiro atoms. The normalized spacial score (nSPS) is 16.1. The molecule has 19 heavy (non-hydrogen) atoms. The summed E-state index contributed by atoms with van der Waals surface area (Å²) in [5.74, 6) is 0.778. The molecule has 1 aromatic rings. The highest BCUT2D eigenvalue weighted by atomic mass is 35.5. The van der Waals surface area contributed by atoms with Crippen LogP contribution in [0.1, 0.15) is 36.0 Å². The van der Waals surface area contributed by atoms with E-state index in [1.165, 1.54) is 12.8 Å². The molecular formula is C14H20ClN3O. The molecule has 104 valence electrons. The van der Waals surface area contributed by atoms with Gasteiger partial charge >= 0.3 is 0 Å². The fourth-order valence-corrected chi connectivity index (χ4v) is 2.50. The fourth-order valence-electron chi connectivity index (χ4n) is 2.29. The SMILES string of the molecule is CN(C)c1cc(C(=O)N2CCCCCC2)cc(Cl)n1. The Bertz CT molecular complexity index is 454. The van der Waals surface area contributed by atoms with Crippen LogP contribution in [0.15, 0.2) is 12.1 Å². The molecule has 2 rings (SSSR count). The van der Waals surface area contributed by atoms with E-state index in [9.17, 15) is 4.79 Å². The molecule has 0 radical (unpaired) electrons. The van der Waals surface area contributed by atoms with Crippen molar-refractivity contribution in [1.82, 2.24) is 9.88 Å². The van der Waals surface area contributed by atoms with Crippen molar-refractivity contribution in [2.75, 3.05) is 32.1 Å². The largest absolute Gasteiger partial charge is 0.363 e. The Morgan fingerprint density at radius 2 is 1.84 bits per heavy atom. The van der Waals surface area contributed by atoms with Crippen LogP contribution in [-0.2, 0) is 0 Å². The van der Waals surface area contributed by atoms with Crippen LogP contribution in [0.4, 0.5) is 5.82 Å². The van der Waals surface area contributed by atoms with Gasteiger partial charge in [-0.15, -0.1) is 0 Å². The van der Waals surface area contributed by atoms with E-state index >= 15 is 0 Å². The number of pyridine rings is 1. The number of aromatic nitrogens is 1. The lowest BCUT2D eigenvalue weighted by atomic mass is 10.2. The van der Waals surface area contributed by atoms with Gasteiger partial charge in [-0.2, -0.15) is 0 Å². The van der Waals surface area contributed by atoms with Gasteiger partial charge in [0.25, 0.3) is 5.91 Å². The highest BCUT2D eigenvalue weighted by molar-refractivity contribution is 6.29. The van der Waals surface area contributed by atoms with Crippen LogP contribution in [0.3, 0.4) is 0 Å². The monoisotopic (exact) mass is 281 g/mol. The maximum atomic E-state index is 12.5. The van der Waals surface area contributed by atoms with Crippen molar-refractivity contribution in [1.29, 1.82) is 0 Å². The average Bonchev–Trinajstić information content (AvgIpc) is 2.65. The van der Waals surface area contributed by atoms with E-state index in [2.05, 4.69) is 4.98 Å². The van der Waals surface area contributed by atoms with E-state index in [1.54, 1.807) is 12.1 Å². The van der Waals surface area contributed by atoms with Crippen molar-refractivity contribution in [3.63, 3.8) is 0 Å². The zero-order valence-corrected chi connectivity index (χ0v) is 12.3. The second-order valence-electron chi connectivity index (χ2n) is 5.14. The number of carbonyl (C=O) groups is 1. The summed E-state index contributed by atoms with van der Waals surface area (Å²) < 4.78 is 0. The highest BCUT2D eigenvalue weighted by Gasteiger charge is 2.18. The Kier molecular flexibility index (Phi) is 4.64. The number of carbonyl (C=O) groups excluding carboxylic acids is 1.